The molecule has 1 saturated carbocycles. The van der Waals surface area contributed by atoms with E-state index in [4.69, 9.17) is 10.5 Å². The highest BCUT2D eigenvalue weighted by Crippen LogP contribution is 2.31. The van der Waals surface area contributed by atoms with Crippen LogP contribution in [0.1, 0.15) is 49.9 Å². The molecule has 1 fully saturated rings. The second kappa shape index (κ2) is 6.64. The van der Waals surface area contributed by atoms with Crippen LogP contribution < -0.4 is 11.1 Å². The normalized spacial score (nSPS) is 16.9. The van der Waals surface area contributed by atoms with Gasteiger partial charge in [0, 0.05) is 6.04 Å². The number of ether oxygens (including phenoxy) is 1. The first-order valence-corrected chi connectivity index (χ1v) is 7.45. The van der Waals surface area contributed by atoms with E-state index >= 15 is 0 Å². The summed E-state index contributed by atoms with van der Waals surface area (Å²) in [7, 11) is 0. The smallest absolute Gasteiger partial charge is 0.340 e. The number of anilines is 2. The minimum absolute atomic E-state index is 0.356. The molecule has 0 amide bonds. The van der Waals surface area contributed by atoms with E-state index in [1.807, 2.05) is 12.1 Å². The molecule has 0 aliphatic heterocycles. The highest BCUT2D eigenvalue weighted by molar-refractivity contribution is 5.98. The molecular formula is C16H24N2O2. The molecule has 4 nitrogen and oxygen atoms in total. The van der Waals surface area contributed by atoms with Gasteiger partial charge < -0.3 is 15.8 Å². The van der Waals surface area contributed by atoms with Crippen molar-refractivity contribution in [3.05, 3.63) is 23.8 Å². The highest BCUT2D eigenvalue weighted by atomic mass is 16.5. The molecule has 2 rings (SSSR count). The van der Waals surface area contributed by atoms with Gasteiger partial charge in [-0.05, 0) is 44.7 Å². The van der Waals surface area contributed by atoms with Gasteiger partial charge in [-0.3, -0.25) is 0 Å². The maximum absolute atomic E-state index is 11.8. The fourth-order valence-electron chi connectivity index (χ4n) is 2.90. The van der Waals surface area contributed by atoms with Gasteiger partial charge in [0.05, 0.1) is 23.5 Å². The summed E-state index contributed by atoms with van der Waals surface area (Å²) >= 11 is 0. The maximum Gasteiger partial charge on any atom is 0.340 e. The number of hydrogen-bond donors (Lipinski definition) is 2. The topological polar surface area (TPSA) is 64.3 Å². The second-order valence-electron chi connectivity index (χ2n) is 5.46. The van der Waals surface area contributed by atoms with Crippen molar-refractivity contribution in [2.45, 2.75) is 45.6 Å². The Hall–Kier alpha value is -1.71. The molecule has 1 atom stereocenters. The van der Waals surface area contributed by atoms with Crippen molar-refractivity contribution in [2.24, 2.45) is 5.92 Å². The van der Waals surface area contributed by atoms with Crippen molar-refractivity contribution in [3.63, 3.8) is 0 Å². The fourth-order valence-corrected chi connectivity index (χ4v) is 2.90. The van der Waals surface area contributed by atoms with Crippen molar-refractivity contribution in [2.75, 3.05) is 17.7 Å². The van der Waals surface area contributed by atoms with E-state index in [0.29, 0.717) is 29.8 Å². The van der Waals surface area contributed by atoms with E-state index in [9.17, 15) is 4.79 Å². The molecule has 0 bridgehead atoms. The number of nitrogens with one attached hydrogen (secondary N) is 1. The predicted octanol–water partition coefficient (Wildman–Crippen LogP) is 3.44. The minimum Gasteiger partial charge on any atom is -0.462 e. The molecule has 4 heteroatoms. The molecule has 1 aromatic carbocycles. The lowest BCUT2D eigenvalue weighted by atomic mass is 9.99. The van der Waals surface area contributed by atoms with E-state index in [2.05, 4.69) is 12.2 Å². The number of rotatable bonds is 5. The van der Waals surface area contributed by atoms with E-state index in [-0.39, 0.29) is 5.97 Å². The number of benzene rings is 1. The van der Waals surface area contributed by atoms with Crippen LogP contribution in [-0.4, -0.2) is 18.6 Å². The van der Waals surface area contributed by atoms with Gasteiger partial charge in [0.1, 0.15) is 0 Å². The molecule has 0 spiro atoms. The summed E-state index contributed by atoms with van der Waals surface area (Å²) in [4.78, 5) is 11.8. The summed E-state index contributed by atoms with van der Waals surface area (Å²) in [5, 5.41) is 3.46. The summed E-state index contributed by atoms with van der Waals surface area (Å²) in [5.74, 6) is 0.336. The van der Waals surface area contributed by atoms with E-state index in [0.717, 1.165) is 5.69 Å². The molecule has 1 unspecified atom stereocenters. The van der Waals surface area contributed by atoms with E-state index in [1.165, 1.54) is 25.7 Å². The molecule has 20 heavy (non-hydrogen) atoms. The lowest BCUT2D eigenvalue weighted by Crippen LogP contribution is -2.24. The molecule has 0 heterocycles. The number of nitrogens with two attached hydrogens (primary N) is 1. The van der Waals surface area contributed by atoms with Crippen molar-refractivity contribution in [3.8, 4) is 0 Å². The van der Waals surface area contributed by atoms with Crippen LogP contribution in [0.5, 0.6) is 0 Å². The zero-order chi connectivity index (χ0) is 14.5. The predicted molar refractivity (Wildman–Crippen MR) is 81.9 cm³/mol. The van der Waals surface area contributed by atoms with Crippen LogP contribution in [0.2, 0.25) is 0 Å². The molecule has 0 aromatic heterocycles. The Balaban J connectivity index is 2.11. The largest absolute Gasteiger partial charge is 0.462 e. The van der Waals surface area contributed by atoms with Crippen LogP contribution in [0.25, 0.3) is 0 Å². The molecule has 110 valence electrons. The van der Waals surface area contributed by atoms with Crippen molar-refractivity contribution in [1.82, 2.24) is 0 Å². The first-order valence-electron chi connectivity index (χ1n) is 7.45. The summed E-state index contributed by atoms with van der Waals surface area (Å²) in [6.07, 6.45) is 5.17. The van der Waals surface area contributed by atoms with Gasteiger partial charge in [0.25, 0.3) is 0 Å². The van der Waals surface area contributed by atoms with Crippen molar-refractivity contribution < 1.29 is 9.53 Å². The Morgan fingerprint density at radius 2 is 2.15 bits per heavy atom. The van der Waals surface area contributed by atoms with Gasteiger partial charge in [-0.15, -0.1) is 0 Å². The van der Waals surface area contributed by atoms with Crippen LogP contribution >= 0.6 is 0 Å². The number of esters is 1. The molecular weight excluding hydrogens is 252 g/mol. The van der Waals surface area contributed by atoms with Crippen molar-refractivity contribution in [1.29, 1.82) is 0 Å². The monoisotopic (exact) mass is 276 g/mol. The summed E-state index contributed by atoms with van der Waals surface area (Å²) < 4.78 is 5.02. The zero-order valence-electron chi connectivity index (χ0n) is 12.3. The summed E-state index contributed by atoms with van der Waals surface area (Å²) in [6.45, 7) is 4.33. The first kappa shape index (κ1) is 14.7. The Bertz CT molecular complexity index is 468. The number of para-hydroxylation sites is 1. The Morgan fingerprint density at radius 1 is 1.45 bits per heavy atom. The third-order valence-corrected chi connectivity index (χ3v) is 4.09. The minimum atomic E-state index is -0.359. The van der Waals surface area contributed by atoms with E-state index < -0.39 is 0 Å². The standard InChI is InChI=1S/C16H24N2O2/c1-3-20-16(19)13-9-6-10-14(15(13)17)18-11(2)12-7-4-5-8-12/h6,9-12,18H,3-5,7-8,17H2,1-2H3. The van der Waals surface area contributed by atoms with Gasteiger partial charge in [-0.1, -0.05) is 18.9 Å². The Kier molecular flexibility index (Phi) is 4.88. The number of nitrogen functional groups attached to an aromatic ring is 1. The quantitative estimate of drug-likeness (QED) is 0.638. The zero-order valence-corrected chi connectivity index (χ0v) is 12.3. The Labute approximate surface area is 120 Å². The molecule has 0 radical (unpaired) electrons. The molecule has 0 saturated heterocycles. The SMILES string of the molecule is CCOC(=O)c1cccc(NC(C)C2CCCC2)c1N. The van der Waals surface area contributed by atoms with Gasteiger partial charge in [0.15, 0.2) is 0 Å². The van der Waals surface area contributed by atoms with Gasteiger partial charge in [0.2, 0.25) is 0 Å². The van der Waals surface area contributed by atoms with Crippen LogP contribution in [0.4, 0.5) is 11.4 Å². The second-order valence-corrected chi connectivity index (χ2v) is 5.46. The highest BCUT2D eigenvalue weighted by Gasteiger charge is 2.22. The first-order chi connectivity index (χ1) is 9.63. The lowest BCUT2D eigenvalue weighted by molar-refractivity contribution is 0.0527. The molecule has 3 N–H and O–H groups in total. The average Bonchev–Trinajstić information content (AvgIpc) is 2.95. The molecule has 1 aromatic rings. The average molecular weight is 276 g/mol. The number of carbonyl (C=O) groups excluding carboxylic acids is 1. The molecule has 1 aliphatic rings. The maximum atomic E-state index is 11.8. The molecule has 1 aliphatic carbocycles. The van der Waals surface area contributed by atoms with Crippen LogP contribution in [0.15, 0.2) is 18.2 Å². The van der Waals surface area contributed by atoms with Crippen molar-refractivity contribution >= 4 is 17.3 Å². The van der Waals surface area contributed by atoms with E-state index in [1.54, 1.807) is 13.0 Å². The van der Waals surface area contributed by atoms with Gasteiger partial charge in [-0.2, -0.15) is 0 Å². The van der Waals surface area contributed by atoms with Crippen LogP contribution in [0.3, 0.4) is 0 Å². The van der Waals surface area contributed by atoms with Gasteiger partial charge >= 0.3 is 5.97 Å². The number of hydrogen-bond acceptors (Lipinski definition) is 4. The van der Waals surface area contributed by atoms with Gasteiger partial charge in [-0.25, -0.2) is 4.79 Å². The Morgan fingerprint density at radius 3 is 2.80 bits per heavy atom. The number of carbonyl (C=O) groups is 1. The summed E-state index contributed by atoms with van der Waals surface area (Å²) in [5.41, 5.74) is 7.85. The summed E-state index contributed by atoms with van der Waals surface area (Å²) in [6, 6.07) is 5.84. The third kappa shape index (κ3) is 3.24. The fraction of sp³-hybridized carbons (Fsp3) is 0.562. The van der Waals surface area contributed by atoms with Crippen LogP contribution in [0, 0.1) is 5.92 Å². The lowest BCUT2D eigenvalue weighted by Gasteiger charge is -2.23. The third-order valence-electron chi connectivity index (χ3n) is 4.09. The van der Waals surface area contributed by atoms with Crippen LogP contribution in [-0.2, 0) is 4.74 Å².